The number of halogens is 1. The predicted molar refractivity (Wildman–Crippen MR) is 76.7 cm³/mol. The second kappa shape index (κ2) is 4.68. The minimum Gasteiger partial charge on any atom is -0.478 e. The van der Waals surface area contributed by atoms with Crippen LogP contribution in [-0.4, -0.2) is 16.1 Å². The Kier molecular flexibility index (Phi) is 2.99. The number of carboxylic acid groups (broad SMARTS) is 1. The summed E-state index contributed by atoms with van der Waals surface area (Å²) in [5.74, 6) is -1.27. The Hall–Kier alpha value is -2.27. The van der Waals surface area contributed by atoms with E-state index in [9.17, 15) is 9.18 Å². The van der Waals surface area contributed by atoms with E-state index in [1.807, 2.05) is 13.0 Å². The van der Waals surface area contributed by atoms with Crippen LogP contribution in [0.1, 0.15) is 15.9 Å². The van der Waals surface area contributed by atoms with E-state index in [1.165, 1.54) is 29.5 Å². The van der Waals surface area contributed by atoms with Crippen LogP contribution in [0.25, 0.3) is 20.8 Å². The Morgan fingerprint density at radius 3 is 2.75 bits per heavy atom. The smallest absolute Gasteiger partial charge is 0.335 e. The van der Waals surface area contributed by atoms with Gasteiger partial charge in [-0.05, 0) is 48.9 Å². The highest BCUT2D eigenvalue weighted by Gasteiger charge is 2.10. The van der Waals surface area contributed by atoms with Gasteiger partial charge in [0, 0.05) is 5.56 Å². The van der Waals surface area contributed by atoms with Gasteiger partial charge in [-0.1, -0.05) is 0 Å². The minimum atomic E-state index is -0.969. The van der Waals surface area contributed by atoms with Crippen molar-refractivity contribution in [3.05, 3.63) is 53.3 Å². The highest BCUT2D eigenvalue weighted by molar-refractivity contribution is 7.21. The van der Waals surface area contributed by atoms with E-state index in [1.54, 1.807) is 12.1 Å². The van der Waals surface area contributed by atoms with E-state index in [4.69, 9.17) is 5.11 Å². The largest absolute Gasteiger partial charge is 0.478 e. The number of carbonyl (C=O) groups is 1. The van der Waals surface area contributed by atoms with Gasteiger partial charge in [-0.2, -0.15) is 0 Å². The summed E-state index contributed by atoms with van der Waals surface area (Å²) in [6, 6.07) is 9.53. The molecule has 0 amide bonds. The molecular formula is C15H10FNO2S. The van der Waals surface area contributed by atoms with Gasteiger partial charge < -0.3 is 5.11 Å². The number of thiazole rings is 1. The molecule has 100 valence electrons. The van der Waals surface area contributed by atoms with E-state index in [2.05, 4.69) is 4.98 Å². The van der Waals surface area contributed by atoms with Gasteiger partial charge in [0.25, 0.3) is 0 Å². The van der Waals surface area contributed by atoms with Gasteiger partial charge in [-0.25, -0.2) is 14.2 Å². The molecule has 3 nitrogen and oxygen atoms in total. The number of benzene rings is 2. The van der Waals surface area contributed by atoms with E-state index in [0.717, 1.165) is 15.8 Å². The zero-order chi connectivity index (χ0) is 14.3. The third kappa shape index (κ3) is 2.28. The van der Waals surface area contributed by atoms with Crippen molar-refractivity contribution in [1.29, 1.82) is 0 Å². The van der Waals surface area contributed by atoms with E-state index in [0.29, 0.717) is 10.6 Å². The van der Waals surface area contributed by atoms with Crippen LogP contribution in [0.3, 0.4) is 0 Å². The Bertz CT molecular complexity index is 806. The number of nitrogens with zero attached hydrogens (tertiary/aromatic N) is 1. The third-order valence-corrected chi connectivity index (χ3v) is 3.99. The molecule has 0 saturated heterocycles. The molecule has 0 aliphatic heterocycles. The number of rotatable bonds is 2. The van der Waals surface area contributed by atoms with Gasteiger partial charge in [0.15, 0.2) is 0 Å². The first-order valence-electron chi connectivity index (χ1n) is 5.94. The highest BCUT2D eigenvalue weighted by atomic mass is 32.1. The topological polar surface area (TPSA) is 50.2 Å². The van der Waals surface area contributed by atoms with Gasteiger partial charge in [0.05, 0.1) is 15.8 Å². The first kappa shape index (κ1) is 12.7. The summed E-state index contributed by atoms with van der Waals surface area (Å²) in [5.41, 5.74) is 2.48. The number of aryl methyl sites for hydroxylation is 1. The Balaban J connectivity index is 2.15. The van der Waals surface area contributed by atoms with Crippen LogP contribution < -0.4 is 0 Å². The number of fused-ring (bicyclic) bond motifs is 1. The molecule has 1 heterocycles. The summed E-state index contributed by atoms with van der Waals surface area (Å²) < 4.78 is 14.2. The minimum absolute atomic E-state index is 0.225. The van der Waals surface area contributed by atoms with Crippen molar-refractivity contribution in [2.45, 2.75) is 6.92 Å². The predicted octanol–water partition coefficient (Wildman–Crippen LogP) is 4.11. The molecule has 20 heavy (non-hydrogen) atoms. The maximum absolute atomic E-state index is 13.4. The first-order valence-corrected chi connectivity index (χ1v) is 6.76. The molecule has 3 aromatic rings. The zero-order valence-corrected chi connectivity index (χ0v) is 11.4. The fourth-order valence-corrected chi connectivity index (χ4v) is 3.03. The summed E-state index contributed by atoms with van der Waals surface area (Å²) in [6.07, 6.45) is 0. The fraction of sp³-hybridized carbons (Fsp3) is 0.0667. The summed E-state index contributed by atoms with van der Waals surface area (Å²) >= 11 is 1.36. The van der Waals surface area contributed by atoms with Crippen LogP contribution in [0.4, 0.5) is 4.39 Å². The molecule has 0 aliphatic carbocycles. The molecule has 2 aromatic carbocycles. The average molecular weight is 287 g/mol. The number of aromatic carboxylic acids is 1. The van der Waals surface area contributed by atoms with Gasteiger partial charge in [-0.15, -0.1) is 11.3 Å². The molecule has 0 unspecified atom stereocenters. The molecule has 0 saturated carbocycles. The summed E-state index contributed by atoms with van der Waals surface area (Å²) in [5, 5.41) is 9.66. The second-order valence-electron chi connectivity index (χ2n) is 4.52. The standard InChI is InChI=1S/C15H10FNO2S/c1-8-4-10(6-11(16)5-8)14-17-12-3-2-9(15(18)19)7-13(12)20-14/h2-7H,1H3,(H,18,19). The van der Waals surface area contributed by atoms with Crippen LogP contribution in [0.15, 0.2) is 36.4 Å². The van der Waals surface area contributed by atoms with Gasteiger partial charge in [0.1, 0.15) is 10.8 Å². The van der Waals surface area contributed by atoms with Gasteiger partial charge in [-0.3, -0.25) is 0 Å². The van der Waals surface area contributed by atoms with Crippen LogP contribution in [-0.2, 0) is 0 Å². The van der Waals surface area contributed by atoms with Crippen LogP contribution >= 0.6 is 11.3 Å². The van der Waals surface area contributed by atoms with Gasteiger partial charge in [0.2, 0.25) is 0 Å². The Morgan fingerprint density at radius 2 is 2.05 bits per heavy atom. The Labute approximate surface area is 118 Å². The molecule has 0 spiro atoms. The lowest BCUT2D eigenvalue weighted by Gasteiger charge is -1.98. The van der Waals surface area contributed by atoms with Crippen molar-refractivity contribution in [3.8, 4) is 10.6 Å². The lowest BCUT2D eigenvalue weighted by atomic mass is 10.1. The van der Waals surface area contributed by atoms with Crippen LogP contribution in [0, 0.1) is 12.7 Å². The number of aromatic nitrogens is 1. The normalized spacial score (nSPS) is 10.9. The van der Waals surface area contributed by atoms with Crippen molar-refractivity contribution in [2.24, 2.45) is 0 Å². The van der Waals surface area contributed by atoms with Gasteiger partial charge >= 0.3 is 5.97 Å². The molecule has 0 aliphatic rings. The van der Waals surface area contributed by atoms with E-state index < -0.39 is 5.97 Å². The second-order valence-corrected chi connectivity index (χ2v) is 5.55. The number of carboxylic acids is 1. The maximum atomic E-state index is 13.4. The molecule has 1 aromatic heterocycles. The maximum Gasteiger partial charge on any atom is 0.335 e. The average Bonchev–Trinajstić information content (AvgIpc) is 2.80. The van der Waals surface area contributed by atoms with Crippen molar-refractivity contribution in [3.63, 3.8) is 0 Å². The van der Waals surface area contributed by atoms with Crippen LogP contribution in [0.2, 0.25) is 0 Å². The van der Waals surface area contributed by atoms with Crippen molar-refractivity contribution in [1.82, 2.24) is 4.98 Å². The number of hydrogen-bond acceptors (Lipinski definition) is 3. The molecule has 0 radical (unpaired) electrons. The lowest BCUT2D eigenvalue weighted by Crippen LogP contribution is -1.94. The number of hydrogen-bond donors (Lipinski definition) is 1. The zero-order valence-electron chi connectivity index (χ0n) is 10.6. The Morgan fingerprint density at radius 1 is 1.25 bits per heavy atom. The highest BCUT2D eigenvalue weighted by Crippen LogP contribution is 2.31. The molecule has 0 fully saturated rings. The summed E-state index contributed by atoms with van der Waals surface area (Å²) in [6.45, 7) is 1.82. The lowest BCUT2D eigenvalue weighted by molar-refractivity contribution is 0.0697. The monoisotopic (exact) mass is 287 g/mol. The molecule has 0 atom stereocenters. The molecular weight excluding hydrogens is 277 g/mol. The third-order valence-electron chi connectivity index (χ3n) is 2.92. The van der Waals surface area contributed by atoms with E-state index >= 15 is 0 Å². The SMILES string of the molecule is Cc1cc(F)cc(-c2nc3ccc(C(=O)O)cc3s2)c1. The summed E-state index contributed by atoms with van der Waals surface area (Å²) in [7, 11) is 0. The molecule has 3 rings (SSSR count). The van der Waals surface area contributed by atoms with Crippen molar-refractivity contribution >= 4 is 27.5 Å². The summed E-state index contributed by atoms with van der Waals surface area (Å²) in [4.78, 5) is 15.4. The molecule has 5 heteroatoms. The molecule has 0 bridgehead atoms. The van der Waals surface area contributed by atoms with Crippen molar-refractivity contribution in [2.75, 3.05) is 0 Å². The van der Waals surface area contributed by atoms with E-state index in [-0.39, 0.29) is 11.4 Å². The fourth-order valence-electron chi connectivity index (χ4n) is 2.04. The first-order chi connectivity index (χ1) is 9.52. The van der Waals surface area contributed by atoms with Crippen molar-refractivity contribution < 1.29 is 14.3 Å². The quantitative estimate of drug-likeness (QED) is 0.771. The van der Waals surface area contributed by atoms with Crippen LogP contribution in [0.5, 0.6) is 0 Å². The molecule has 1 N–H and O–H groups in total.